The molecule has 0 aliphatic carbocycles. The Balaban J connectivity index is 2.62. The summed E-state index contributed by atoms with van der Waals surface area (Å²) in [5.41, 5.74) is 0. The molecule has 0 saturated heterocycles. The van der Waals surface area contributed by atoms with Crippen molar-refractivity contribution in [2.45, 2.75) is 0 Å². The minimum atomic E-state index is -0.696. The normalized spacial score (nSPS) is 10.1. The molecule has 16 heavy (non-hydrogen) atoms. The Morgan fingerprint density at radius 1 is 1.19 bits per heavy atom. The number of carbonyl (C=O) groups is 2. The third kappa shape index (κ3) is 3.74. The Hall–Kier alpha value is -1.81. The maximum atomic E-state index is 11.2. The molecule has 84 valence electrons. The zero-order chi connectivity index (χ0) is 12.0. The average molecular weight is 241 g/mol. The van der Waals surface area contributed by atoms with E-state index in [0.29, 0.717) is 5.02 Å². The smallest absolute Gasteiger partial charge is 0.336 e. The van der Waals surface area contributed by atoms with Gasteiger partial charge in [0.25, 0.3) is 0 Å². The second-order valence-corrected chi connectivity index (χ2v) is 3.12. The molecule has 0 saturated carbocycles. The molecule has 0 unspecified atom stereocenters. The number of esters is 2. The molecule has 0 fully saturated rings. The van der Waals surface area contributed by atoms with E-state index in [9.17, 15) is 9.59 Å². The van der Waals surface area contributed by atoms with Gasteiger partial charge in [-0.2, -0.15) is 0 Å². The molecule has 0 N–H and O–H groups in total. The van der Waals surface area contributed by atoms with Crippen LogP contribution in [0, 0.1) is 0 Å². The quantitative estimate of drug-likeness (QED) is 0.461. The van der Waals surface area contributed by atoms with Crippen LogP contribution >= 0.6 is 11.6 Å². The van der Waals surface area contributed by atoms with Crippen LogP contribution in [0.5, 0.6) is 5.75 Å². The Bertz CT molecular complexity index is 426. The van der Waals surface area contributed by atoms with Crippen LogP contribution in [0.25, 0.3) is 0 Å². The first-order valence-corrected chi connectivity index (χ1v) is 4.73. The number of ether oxygens (including phenoxy) is 2. The fourth-order valence-electron chi connectivity index (χ4n) is 0.874. The third-order valence-corrected chi connectivity index (χ3v) is 1.92. The van der Waals surface area contributed by atoms with Gasteiger partial charge >= 0.3 is 11.9 Å². The second-order valence-electron chi connectivity index (χ2n) is 2.71. The van der Waals surface area contributed by atoms with Crippen molar-refractivity contribution in [1.82, 2.24) is 0 Å². The lowest BCUT2D eigenvalue weighted by atomic mass is 10.3. The monoisotopic (exact) mass is 240 g/mol. The van der Waals surface area contributed by atoms with Crippen LogP contribution in [0.15, 0.2) is 36.4 Å². The van der Waals surface area contributed by atoms with Crippen LogP contribution in [0.1, 0.15) is 0 Å². The fraction of sp³-hybridized carbons (Fsp3) is 0.0909. The Morgan fingerprint density at radius 3 is 2.44 bits per heavy atom. The standard InChI is InChI=1S/C11H9ClO4/c1-15-10(13)6-7-11(14)16-9-5-3-2-4-8(9)12/h2-7H,1H3. The van der Waals surface area contributed by atoms with Gasteiger partial charge in [-0.3, -0.25) is 0 Å². The first-order chi connectivity index (χ1) is 7.63. The van der Waals surface area contributed by atoms with E-state index in [0.717, 1.165) is 12.2 Å². The molecule has 1 aromatic carbocycles. The summed E-state index contributed by atoms with van der Waals surface area (Å²) >= 11 is 5.77. The lowest BCUT2D eigenvalue weighted by Gasteiger charge is -2.02. The predicted molar refractivity (Wildman–Crippen MR) is 58.2 cm³/mol. The van der Waals surface area contributed by atoms with Crippen molar-refractivity contribution in [1.29, 1.82) is 0 Å². The van der Waals surface area contributed by atoms with Gasteiger partial charge in [-0.05, 0) is 12.1 Å². The fourth-order valence-corrected chi connectivity index (χ4v) is 1.05. The largest absolute Gasteiger partial charge is 0.466 e. The van der Waals surface area contributed by atoms with Crippen molar-refractivity contribution < 1.29 is 19.1 Å². The molecule has 5 heteroatoms. The van der Waals surface area contributed by atoms with Crippen molar-refractivity contribution in [3.05, 3.63) is 41.4 Å². The first-order valence-electron chi connectivity index (χ1n) is 4.36. The molecule has 1 rings (SSSR count). The molecule has 0 radical (unpaired) electrons. The zero-order valence-corrected chi connectivity index (χ0v) is 9.23. The lowest BCUT2D eigenvalue weighted by molar-refractivity contribution is -0.135. The summed E-state index contributed by atoms with van der Waals surface area (Å²) in [7, 11) is 1.21. The van der Waals surface area contributed by atoms with Crippen molar-refractivity contribution in [2.75, 3.05) is 7.11 Å². The summed E-state index contributed by atoms with van der Waals surface area (Å²) < 4.78 is 9.19. The molecular weight excluding hydrogens is 232 g/mol. The van der Waals surface area contributed by atoms with Gasteiger partial charge in [0.2, 0.25) is 0 Å². The van der Waals surface area contributed by atoms with Gasteiger partial charge in [0.1, 0.15) is 5.75 Å². The van der Waals surface area contributed by atoms with Crippen molar-refractivity contribution in [3.63, 3.8) is 0 Å². The molecule has 4 nitrogen and oxygen atoms in total. The van der Waals surface area contributed by atoms with E-state index >= 15 is 0 Å². The van der Waals surface area contributed by atoms with E-state index in [1.165, 1.54) is 7.11 Å². The molecule has 0 spiro atoms. The number of methoxy groups -OCH3 is 1. The zero-order valence-electron chi connectivity index (χ0n) is 8.48. The summed E-state index contributed by atoms with van der Waals surface area (Å²) in [4.78, 5) is 21.9. The number of hydrogen-bond acceptors (Lipinski definition) is 4. The van der Waals surface area contributed by atoms with Gasteiger partial charge < -0.3 is 9.47 Å². The summed E-state index contributed by atoms with van der Waals surface area (Å²) in [6.45, 7) is 0. The Kier molecular flexibility index (Phi) is 4.54. The Labute approximate surface area is 97.4 Å². The van der Waals surface area contributed by atoms with E-state index in [2.05, 4.69) is 4.74 Å². The summed E-state index contributed by atoms with van der Waals surface area (Å²) in [6, 6.07) is 6.53. The highest BCUT2D eigenvalue weighted by molar-refractivity contribution is 6.32. The minimum absolute atomic E-state index is 0.240. The molecule has 0 atom stereocenters. The number of carbonyl (C=O) groups excluding carboxylic acids is 2. The summed E-state index contributed by atoms with van der Waals surface area (Å²) in [6.07, 6.45) is 1.94. The molecule has 0 aliphatic heterocycles. The van der Waals surface area contributed by atoms with Gasteiger partial charge in [0, 0.05) is 12.2 Å². The van der Waals surface area contributed by atoms with Crippen LogP contribution < -0.4 is 4.74 Å². The van der Waals surface area contributed by atoms with E-state index in [4.69, 9.17) is 16.3 Å². The molecule has 0 aliphatic rings. The topological polar surface area (TPSA) is 52.6 Å². The SMILES string of the molecule is COC(=O)C=CC(=O)Oc1ccccc1Cl. The van der Waals surface area contributed by atoms with E-state index in [1.54, 1.807) is 24.3 Å². The highest BCUT2D eigenvalue weighted by Crippen LogP contribution is 2.23. The van der Waals surface area contributed by atoms with Gasteiger partial charge in [0.05, 0.1) is 12.1 Å². The number of hydrogen-bond donors (Lipinski definition) is 0. The highest BCUT2D eigenvalue weighted by Gasteiger charge is 2.04. The van der Waals surface area contributed by atoms with Gasteiger partial charge in [-0.25, -0.2) is 9.59 Å². The number of para-hydroxylation sites is 1. The van der Waals surface area contributed by atoms with Gasteiger partial charge in [-0.15, -0.1) is 0 Å². The highest BCUT2D eigenvalue weighted by atomic mass is 35.5. The van der Waals surface area contributed by atoms with Crippen molar-refractivity contribution >= 4 is 23.5 Å². The minimum Gasteiger partial charge on any atom is -0.466 e. The molecule has 0 aromatic heterocycles. The molecule has 1 aromatic rings. The van der Waals surface area contributed by atoms with Crippen LogP contribution in [0.2, 0.25) is 5.02 Å². The molecule has 0 bridgehead atoms. The van der Waals surface area contributed by atoms with E-state index < -0.39 is 11.9 Å². The first kappa shape index (κ1) is 12.3. The predicted octanol–water partition coefficient (Wildman–Crippen LogP) is 1.97. The number of benzene rings is 1. The van der Waals surface area contributed by atoms with E-state index in [-0.39, 0.29) is 5.75 Å². The maximum Gasteiger partial charge on any atom is 0.336 e. The Morgan fingerprint density at radius 2 is 1.81 bits per heavy atom. The third-order valence-electron chi connectivity index (χ3n) is 1.60. The van der Waals surface area contributed by atoms with Gasteiger partial charge in [-0.1, -0.05) is 23.7 Å². The van der Waals surface area contributed by atoms with Crippen LogP contribution in [0.4, 0.5) is 0 Å². The van der Waals surface area contributed by atoms with Crippen LogP contribution in [-0.2, 0) is 14.3 Å². The van der Waals surface area contributed by atoms with Crippen LogP contribution in [-0.4, -0.2) is 19.0 Å². The maximum absolute atomic E-state index is 11.2. The number of halogens is 1. The van der Waals surface area contributed by atoms with Crippen molar-refractivity contribution in [3.8, 4) is 5.75 Å². The average Bonchev–Trinajstić information content (AvgIpc) is 2.29. The molecular formula is C11H9ClO4. The van der Waals surface area contributed by atoms with Crippen LogP contribution in [0.3, 0.4) is 0 Å². The summed E-state index contributed by atoms with van der Waals surface area (Å²) in [5, 5.41) is 0.322. The number of rotatable bonds is 3. The summed E-state index contributed by atoms with van der Waals surface area (Å²) in [5.74, 6) is -1.08. The van der Waals surface area contributed by atoms with Crippen molar-refractivity contribution in [2.24, 2.45) is 0 Å². The second kappa shape index (κ2) is 5.92. The molecule has 0 heterocycles. The lowest BCUT2D eigenvalue weighted by Crippen LogP contribution is -2.05. The van der Waals surface area contributed by atoms with E-state index in [1.807, 2.05) is 0 Å². The molecule has 0 amide bonds. The van der Waals surface area contributed by atoms with Gasteiger partial charge in [0.15, 0.2) is 0 Å².